The summed E-state index contributed by atoms with van der Waals surface area (Å²) < 4.78 is 58.3. The first-order valence-electron chi connectivity index (χ1n) is 13.0. The summed E-state index contributed by atoms with van der Waals surface area (Å²) in [7, 11) is 0. The molecule has 0 aromatic carbocycles. The van der Waals surface area contributed by atoms with Crippen molar-refractivity contribution in [2.24, 2.45) is 0 Å². The molecule has 0 aliphatic rings. The van der Waals surface area contributed by atoms with Gasteiger partial charge in [0.15, 0.2) is 0 Å². The van der Waals surface area contributed by atoms with Gasteiger partial charge in [0, 0.05) is 6.08 Å². The molecule has 226 valence electrons. The van der Waals surface area contributed by atoms with Crippen LogP contribution in [0.2, 0.25) is 0 Å². The molecule has 0 spiro atoms. The standard InChI is InChI=1S/C25H48O13/c1-2-25(27)38-24-23-37-22-21-36-20-19-35-18-17-34-16-15-33-14-13-32-12-11-31-10-9-30-8-7-29-6-5-28-4-3-26/h2,26H,1,3-24H2. The van der Waals surface area contributed by atoms with Crippen LogP contribution in [0.3, 0.4) is 0 Å². The number of carbonyl (C=O) groups is 1. The second-order valence-corrected chi connectivity index (χ2v) is 7.22. The maximum atomic E-state index is 10.8. The molecule has 0 saturated heterocycles. The van der Waals surface area contributed by atoms with Crippen LogP contribution in [0.25, 0.3) is 0 Å². The fourth-order valence-electron chi connectivity index (χ4n) is 2.41. The van der Waals surface area contributed by atoms with Gasteiger partial charge in [-0.15, -0.1) is 0 Å². The van der Waals surface area contributed by atoms with E-state index in [-0.39, 0.29) is 13.2 Å². The van der Waals surface area contributed by atoms with Crippen molar-refractivity contribution in [2.45, 2.75) is 0 Å². The Kier molecular flexibility index (Phi) is 32.7. The first-order chi connectivity index (χ1) is 18.8. The molecule has 13 heteroatoms. The van der Waals surface area contributed by atoms with E-state index in [1.807, 2.05) is 0 Å². The number of aliphatic hydroxyl groups excluding tert-OH is 1. The van der Waals surface area contributed by atoms with Gasteiger partial charge in [0.05, 0.1) is 139 Å². The van der Waals surface area contributed by atoms with Crippen LogP contribution in [0.15, 0.2) is 12.7 Å². The summed E-state index contributed by atoms with van der Waals surface area (Å²) in [6.07, 6.45) is 1.11. The van der Waals surface area contributed by atoms with E-state index in [4.69, 9.17) is 57.2 Å². The van der Waals surface area contributed by atoms with Crippen LogP contribution in [0.1, 0.15) is 0 Å². The number of aliphatic hydroxyl groups is 1. The molecule has 0 amide bonds. The summed E-state index contributed by atoms with van der Waals surface area (Å²) in [6, 6.07) is 0. The van der Waals surface area contributed by atoms with Crippen molar-refractivity contribution >= 4 is 5.97 Å². The maximum Gasteiger partial charge on any atom is 0.330 e. The van der Waals surface area contributed by atoms with E-state index in [2.05, 4.69) is 6.58 Å². The lowest BCUT2D eigenvalue weighted by atomic mass is 10.6. The summed E-state index contributed by atoms with van der Waals surface area (Å²) in [4.78, 5) is 10.8. The van der Waals surface area contributed by atoms with Crippen LogP contribution in [0, 0.1) is 0 Å². The van der Waals surface area contributed by atoms with E-state index in [0.29, 0.717) is 132 Å². The Balaban J connectivity index is 3.04. The van der Waals surface area contributed by atoms with Gasteiger partial charge in [-0.25, -0.2) is 4.79 Å². The zero-order chi connectivity index (χ0) is 27.6. The summed E-state index contributed by atoms with van der Waals surface area (Å²) >= 11 is 0. The molecule has 0 radical (unpaired) electrons. The molecule has 0 rings (SSSR count). The lowest BCUT2D eigenvalue weighted by Gasteiger charge is -2.09. The van der Waals surface area contributed by atoms with Gasteiger partial charge in [0.2, 0.25) is 0 Å². The van der Waals surface area contributed by atoms with Crippen LogP contribution >= 0.6 is 0 Å². The van der Waals surface area contributed by atoms with Crippen molar-refractivity contribution in [2.75, 3.05) is 145 Å². The highest BCUT2D eigenvalue weighted by molar-refractivity contribution is 5.81. The first-order valence-corrected chi connectivity index (χ1v) is 13.0. The molecule has 0 unspecified atom stereocenters. The monoisotopic (exact) mass is 556 g/mol. The van der Waals surface area contributed by atoms with Crippen LogP contribution in [-0.2, 0) is 56.9 Å². The number of ether oxygens (including phenoxy) is 11. The molecule has 38 heavy (non-hydrogen) atoms. The van der Waals surface area contributed by atoms with E-state index < -0.39 is 5.97 Å². The Morgan fingerprint density at radius 1 is 0.421 bits per heavy atom. The Morgan fingerprint density at radius 3 is 0.842 bits per heavy atom. The van der Waals surface area contributed by atoms with Gasteiger partial charge in [-0.2, -0.15) is 0 Å². The third-order valence-corrected chi connectivity index (χ3v) is 4.22. The Bertz CT molecular complexity index is 482. The second-order valence-electron chi connectivity index (χ2n) is 7.22. The Hall–Kier alpha value is -1.23. The van der Waals surface area contributed by atoms with Crippen molar-refractivity contribution in [1.29, 1.82) is 0 Å². The van der Waals surface area contributed by atoms with Crippen molar-refractivity contribution < 1.29 is 62.0 Å². The number of carbonyl (C=O) groups excluding carboxylic acids is 1. The van der Waals surface area contributed by atoms with E-state index in [1.54, 1.807) is 0 Å². The van der Waals surface area contributed by atoms with Crippen molar-refractivity contribution in [3.8, 4) is 0 Å². The predicted octanol–water partition coefficient (Wildman–Crippen LogP) is -0.126. The third kappa shape index (κ3) is 32.8. The molecule has 13 nitrogen and oxygen atoms in total. The summed E-state index contributed by atoms with van der Waals surface area (Å²) in [6.45, 7) is 12.9. The smallest absolute Gasteiger partial charge is 0.330 e. The molecule has 0 aromatic rings. The lowest BCUT2D eigenvalue weighted by Crippen LogP contribution is -2.15. The van der Waals surface area contributed by atoms with Gasteiger partial charge in [-0.3, -0.25) is 0 Å². The minimum absolute atomic E-state index is 0.0226. The van der Waals surface area contributed by atoms with E-state index >= 15 is 0 Å². The average molecular weight is 557 g/mol. The van der Waals surface area contributed by atoms with Gasteiger partial charge < -0.3 is 57.2 Å². The number of rotatable bonds is 33. The molecule has 0 fully saturated rings. The molecular weight excluding hydrogens is 508 g/mol. The highest BCUT2D eigenvalue weighted by Gasteiger charge is 1.97. The zero-order valence-electron chi connectivity index (χ0n) is 22.7. The predicted molar refractivity (Wildman–Crippen MR) is 136 cm³/mol. The second kappa shape index (κ2) is 33.8. The largest absolute Gasteiger partial charge is 0.460 e. The normalized spacial score (nSPS) is 11.2. The summed E-state index contributed by atoms with van der Waals surface area (Å²) in [5.74, 6) is -0.460. The van der Waals surface area contributed by atoms with E-state index in [9.17, 15) is 4.79 Å². The van der Waals surface area contributed by atoms with Crippen LogP contribution in [0.5, 0.6) is 0 Å². The van der Waals surface area contributed by atoms with Gasteiger partial charge in [0.1, 0.15) is 6.61 Å². The van der Waals surface area contributed by atoms with E-state index in [0.717, 1.165) is 6.08 Å². The minimum atomic E-state index is -0.460. The lowest BCUT2D eigenvalue weighted by molar-refractivity contribution is -0.139. The van der Waals surface area contributed by atoms with Crippen molar-refractivity contribution in [3.05, 3.63) is 12.7 Å². The number of esters is 1. The Morgan fingerprint density at radius 2 is 0.632 bits per heavy atom. The van der Waals surface area contributed by atoms with Crippen molar-refractivity contribution in [3.63, 3.8) is 0 Å². The highest BCUT2D eigenvalue weighted by atomic mass is 16.6. The van der Waals surface area contributed by atoms with Crippen molar-refractivity contribution in [1.82, 2.24) is 0 Å². The quantitative estimate of drug-likeness (QED) is 0.0653. The molecule has 0 aromatic heterocycles. The van der Waals surface area contributed by atoms with Gasteiger partial charge in [-0.1, -0.05) is 6.58 Å². The molecule has 0 atom stereocenters. The SMILES string of the molecule is C=CC(=O)OCCOCCOCCOCCOCCOCCOCCOCCOCCOCCOCCO. The zero-order valence-corrected chi connectivity index (χ0v) is 22.7. The van der Waals surface area contributed by atoms with Crippen LogP contribution < -0.4 is 0 Å². The van der Waals surface area contributed by atoms with Crippen LogP contribution in [0.4, 0.5) is 0 Å². The Labute approximate surface area is 226 Å². The molecule has 1 N–H and O–H groups in total. The molecule has 0 heterocycles. The van der Waals surface area contributed by atoms with Gasteiger partial charge >= 0.3 is 5.97 Å². The molecular formula is C25H48O13. The van der Waals surface area contributed by atoms with E-state index in [1.165, 1.54) is 0 Å². The topological polar surface area (TPSA) is 139 Å². The fraction of sp³-hybridized carbons (Fsp3) is 0.880. The first kappa shape index (κ1) is 36.8. The van der Waals surface area contributed by atoms with Crippen LogP contribution in [-0.4, -0.2) is 156 Å². The maximum absolute atomic E-state index is 10.8. The fourth-order valence-corrected chi connectivity index (χ4v) is 2.41. The summed E-state index contributed by atoms with van der Waals surface area (Å²) in [5.41, 5.74) is 0. The minimum Gasteiger partial charge on any atom is -0.460 e. The third-order valence-electron chi connectivity index (χ3n) is 4.22. The van der Waals surface area contributed by atoms with Gasteiger partial charge in [-0.05, 0) is 0 Å². The number of hydrogen-bond donors (Lipinski definition) is 1. The molecule has 0 bridgehead atoms. The van der Waals surface area contributed by atoms with Gasteiger partial charge in [0.25, 0.3) is 0 Å². The molecule has 0 aliphatic carbocycles. The number of hydrogen-bond acceptors (Lipinski definition) is 13. The molecule has 0 aliphatic heterocycles. The summed E-state index contributed by atoms with van der Waals surface area (Å²) in [5, 5.41) is 8.56. The molecule has 0 saturated carbocycles. The highest BCUT2D eigenvalue weighted by Crippen LogP contribution is 1.87. The average Bonchev–Trinajstić information content (AvgIpc) is 2.93.